The third kappa shape index (κ3) is 8.23. The average Bonchev–Trinajstić information content (AvgIpc) is 3.01. The van der Waals surface area contributed by atoms with Crippen LogP contribution in [0.15, 0.2) is 112 Å². The van der Waals surface area contributed by atoms with Gasteiger partial charge in [0.15, 0.2) is 5.76 Å². The molecular weight excluding hydrogens is 878 g/mol. The second kappa shape index (κ2) is 16.5. The Morgan fingerprint density at radius 2 is 1.28 bits per heavy atom. The third-order valence-corrected chi connectivity index (χ3v) is 8.95. The number of aromatic hydroxyl groups is 2. The Balaban J connectivity index is 0.000000288. The Bertz CT molecular complexity index is 2020. The Labute approximate surface area is 339 Å². The Morgan fingerprint density at radius 1 is 0.739 bits per heavy atom. The van der Waals surface area contributed by atoms with E-state index in [1.165, 1.54) is 6.07 Å². The SMILES string of the molecule is O=C([O-])c1ccccc1-c1c2cc(Br)c(=O)c(Br)c-2oc2c(Br)c([O-])c(Br)cc12.Oc1ccc(Oc2ccc(O)cc2)cc1.[Na+].[Na+]. The van der Waals surface area contributed by atoms with Crippen molar-refractivity contribution in [1.82, 2.24) is 0 Å². The van der Waals surface area contributed by atoms with Gasteiger partial charge < -0.3 is 34.4 Å². The number of hydrogen-bond donors (Lipinski definition) is 2. The Morgan fingerprint density at radius 3 is 1.83 bits per heavy atom. The first kappa shape index (κ1) is 38.6. The smallest absolute Gasteiger partial charge is 0.871 e. The van der Waals surface area contributed by atoms with E-state index in [1.54, 1.807) is 78.9 Å². The minimum Gasteiger partial charge on any atom is -0.871 e. The van der Waals surface area contributed by atoms with Crippen molar-refractivity contribution in [2.75, 3.05) is 0 Å². The molecular formula is C32H16Br4Na2O8. The summed E-state index contributed by atoms with van der Waals surface area (Å²) in [6.45, 7) is 0. The number of fused-ring (bicyclic) bond motifs is 2. The standard InChI is InChI=1S/C20H8Br4O5.C12H10O3.2Na/c21-11-5-9-13(7-3-1-2-4-8(7)20(27)28)10-6-12(22)17(26)15(24)19(10)29-18(9)14(23)16(11)25;13-9-1-5-11(6-2-9)15-12-7-3-10(14)4-8-12;;/h1-6,25H,(H,27,28);1-8,13-14H;;/q;;2*+1/p-2. The van der Waals surface area contributed by atoms with E-state index in [0.717, 1.165) is 0 Å². The molecule has 0 atom stereocenters. The molecule has 4 aromatic rings. The second-order valence-electron chi connectivity index (χ2n) is 9.16. The molecule has 14 heteroatoms. The zero-order valence-corrected chi connectivity index (χ0v) is 34.3. The van der Waals surface area contributed by atoms with E-state index in [4.69, 9.17) is 19.4 Å². The van der Waals surface area contributed by atoms with Gasteiger partial charge in [0, 0.05) is 26.5 Å². The van der Waals surface area contributed by atoms with Crippen LogP contribution in [0.4, 0.5) is 0 Å². The number of benzene rings is 5. The van der Waals surface area contributed by atoms with Crippen molar-refractivity contribution in [2.24, 2.45) is 0 Å². The summed E-state index contributed by atoms with van der Waals surface area (Å²) < 4.78 is 12.3. The van der Waals surface area contributed by atoms with Gasteiger partial charge >= 0.3 is 59.1 Å². The molecule has 0 spiro atoms. The summed E-state index contributed by atoms with van der Waals surface area (Å²) in [5.41, 5.74) is 1.17. The number of halogens is 4. The average molecular weight is 894 g/mol. The fourth-order valence-corrected chi connectivity index (χ4v) is 6.72. The first-order valence-corrected chi connectivity index (χ1v) is 15.6. The molecule has 0 amide bonds. The van der Waals surface area contributed by atoms with Crippen molar-refractivity contribution in [3.8, 4) is 51.2 Å². The zero-order valence-electron chi connectivity index (χ0n) is 23.9. The normalized spacial score (nSPS) is 10.3. The van der Waals surface area contributed by atoms with Gasteiger partial charge in [0.1, 0.15) is 33.1 Å². The van der Waals surface area contributed by atoms with Crippen molar-refractivity contribution < 1.29 is 93.5 Å². The van der Waals surface area contributed by atoms with Crippen LogP contribution in [-0.4, -0.2) is 16.2 Å². The molecule has 1 aliphatic carbocycles. The van der Waals surface area contributed by atoms with Gasteiger partial charge in [-0.25, -0.2) is 0 Å². The fourth-order valence-electron chi connectivity index (χ4n) is 4.32. The first-order valence-electron chi connectivity index (χ1n) is 12.5. The van der Waals surface area contributed by atoms with Gasteiger partial charge in [0.25, 0.3) is 0 Å². The molecule has 1 heterocycles. The van der Waals surface area contributed by atoms with Gasteiger partial charge in [-0.3, -0.25) is 4.79 Å². The summed E-state index contributed by atoms with van der Waals surface area (Å²) in [6.07, 6.45) is 0. The van der Waals surface area contributed by atoms with Crippen LogP contribution in [0.3, 0.4) is 0 Å². The quantitative estimate of drug-likeness (QED) is 0.202. The molecule has 6 rings (SSSR count). The number of phenolic OH excluding ortho intramolecular Hbond substituents is 2. The molecule has 0 aromatic heterocycles. The topological polar surface area (TPSA) is 143 Å². The zero-order chi connectivity index (χ0) is 31.7. The van der Waals surface area contributed by atoms with E-state index in [0.29, 0.717) is 33.6 Å². The molecule has 8 nitrogen and oxygen atoms in total. The predicted molar refractivity (Wildman–Crippen MR) is 175 cm³/mol. The molecule has 0 saturated carbocycles. The van der Waals surface area contributed by atoms with E-state index < -0.39 is 5.97 Å². The van der Waals surface area contributed by atoms with E-state index in [1.807, 2.05) is 0 Å². The minimum absolute atomic E-state index is 0. The molecule has 0 saturated heterocycles. The second-order valence-corrected chi connectivity index (χ2v) is 12.5. The third-order valence-electron chi connectivity index (χ3n) is 6.33. The molecule has 1 aliphatic heterocycles. The van der Waals surface area contributed by atoms with Gasteiger partial charge in [0.2, 0.25) is 5.43 Å². The molecule has 0 bridgehead atoms. The van der Waals surface area contributed by atoms with E-state index in [9.17, 15) is 19.8 Å². The van der Waals surface area contributed by atoms with Gasteiger partial charge in [-0.15, -0.1) is 0 Å². The number of carboxylic acids is 1. The van der Waals surface area contributed by atoms with Crippen molar-refractivity contribution in [1.29, 1.82) is 0 Å². The van der Waals surface area contributed by atoms with E-state index >= 15 is 0 Å². The number of hydrogen-bond acceptors (Lipinski definition) is 8. The Hall–Kier alpha value is -1.84. The molecule has 2 aliphatic rings. The summed E-state index contributed by atoms with van der Waals surface area (Å²) in [6, 6.07) is 22.4. The summed E-state index contributed by atoms with van der Waals surface area (Å²) >= 11 is 13.0. The largest absolute Gasteiger partial charge is 1.00 e. The molecule has 222 valence electrons. The summed E-state index contributed by atoms with van der Waals surface area (Å²) in [5.74, 6) is 0.185. The van der Waals surface area contributed by atoms with Crippen molar-refractivity contribution in [3.05, 3.63) is 119 Å². The summed E-state index contributed by atoms with van der Waals surface area (Å²) in [7, 11) is 0. The number of carbonyl (C=O) groups is 1. The number of rotatable bonds is 4. The molecule has 4 aromatic carbocycles. The molecule has 2 N–H and O–H groups in total. The fraction of sp³-hybridized carbons (Fsp3) is 0. The van der Waals surface area contributed by atoms with Crippen molar-refractivity contribution in [3.63, 3.8) is 0 Å². The monoisotopic (exact) mass is 890 g/mol. The number of carbonyl (C=O) groups excluding carboxylic acids is 1. The minimum atomic E-state index is -1.35. The molecule has 46 heavy (non-hydrogen) atoms. The maximum absolute atomic E-state index is 12.4. The van der Waals surface area contributed by atoms with Gasteiger partial charge in [-0.1, -0.05) is 45.9 Å². The summed E-state index contributed by atoms with van der Waals surface area (Å²) in [5, 5.41) is 42.8. The Kier molecular flexibility index (Phi) is 13.9. The predicted octanol–water partition coefficient (Wildman–Crippen LogP) is 1.95. The van der Waals surface area contributed by atoms with Gasteiger partial charge in [-0.2, -0.15) is 0 Å². The number of ether oxygens (including phenoxy) is 1. The molecule has 0 radical (unpaired) electrons. The summed E-state index contributed by atoms with van der Waals surface area (Å²) in [4.78, 5) is 24.2. The van der Waals surface area contributed by atoms with Crippen molar-refractivity contribution >= 4 is 80.7 Å². The van der Waals surface area contributed by atoms with Crippen LogP contribution in [0.1, 0.15) is 10.4 Å². The van der Waals surface area contributed by atoms with Crippen LogP contribution < -0.4 is 79.5 Å². The number of phenols is 2. The molecule has 0 fully saturated rings. The van der Waals surface area contributed by atoms with Crippen molar-refractivity contribution in [2.45, 2.75) is 0 Å². The van der Waals surface area contributed by atoms with Crippen LogP contribution in [0.2, 0.25) is 0 Å². The van der Waals surface area contributed by atoms with Crippen LogP contribution in [0, 0.1) is 0 Å². The van der Waals surface area contributed by atoms with Crippen LogP contribution in [-0.2, 0) is 0 Å². The van der Waals surface area contributed by atoms with Gasteiger partial charge in [-0.05, 0) is 114 Å². The van der Waals surface area contributed by atoms with Crippen LogP contribution in [0.25, 0.3) is 33.4 Å². The van der Waals surface area contributed by atoms with E-state index in [2.05, 4.69) is 63.7 Å². The van der Waals surface area contributed by atoms with E-state index in [-0.39, 0.29) is 117 Å². The number of carboxylic acid groups (broad SMARTS) is 1. The van der Waals surface area contributed by atoms with Crippen LogP contribution in [0.5, 0.6) is 28.7 Å². The van der Waals surface area contributed by atoms with Gasteiger partial charge in [0.05, 0.1) is 14.9 Å². The maximum atomic E-state index is 12.4. The maximum Gasteiger partial charge on any atom is 1.00 e. The number of aromatic carboxylic acids is 1. The molecule has 0 unspecified atom stereocenters. The first-order chi connectivity index (χ1) is 21.0. The van der Waals surface area contributed by atoms with Crippen LogP contribution >= 0.6 is 63.7 Å².